The number of rotatable bonds is 6. The summed E-state index contributed by atoms with van der Waals surface area (Å²) in [5, 5.41) is 4.31. The van der Waals surface area contributed by atoms with Gasteiger partial charge >= 0.3 is 0 Å². The molecule has 0 saturated carbocycles. The highest BCUT2D eigenvalue weighted by Gasteiger charge is 2.42. The maximum atomic E-state index is 5.91. The zero-order valence-electron chi connectivity index (χ0n) is 13.0. The van der Waals surface area contributed by atoms with E-state index in [2.05, 4.69) is 29.3 Å². The van der Waals surface area contributed by atoms with Gasteiger partial charge in [0.15, 0.2) is 5.75 Å². The van der Waals surface area contributed by atoms with Gasteiger partial charge in [-0.1, -0.05) is 6.92 Å². The van der Waals surface area contributed by atoms with Gasteiger partial charge in [-0.05, 0) is 39.3 Å². The van der Waals surface area contributed by atoms with Gasteiger partial charge in [-0.25, -0.2) is 5.43 Å². The number of nitrogens with two attached hydrogens (primary N) is 1. The van der Waals surface area contributed by atoms with Crippen LogP contribution < -0.4 is 16.0 Å². The van der Waals surface area contributed by atoms with Crippen LogP contribution in [0.3, 0.4) is 0 Å². The first-order valence-corrected chi connectivity index (χ1v) is 7.35. The molecule has 2 rings (SSSR count). The Hall–Kier alpha value is -1.11. The van der Waals surface area contributed by atoms with E-state index in [-0.39, 0.29) is 11.6 Å². The Morgan fingerprint density at radius 3 is 2.65 bits per heavy atom. The Labute approximate surface area is 121 Å². The highest BCUT2D eigenvalue weighted by atomic mass is 16.5. The van der Waals surface area contributed by atoms with Crippen LogP contribution >= 0.6 is 0 Å². The van der Waals surface area contributed by atoms with Gasteiger partial charge in [0.2, 0.25) is 0 Å². The number of hydrogen-bond donors (Lipinski definition) is 2. The summed E-state index contributed by atoms with van der Waals surface area (Å²) in [5.74, 6) is 6.70. The maximum absolute atomic E-state index is 5.91. The highest BCUT2D eigenvalue weighted by Crippen LogP contribution is 2.39. The summed E-state index contributed by atoms with van der Waals surface area (Å²) >= 11 is 0. The molecule has 0 radical (unpaired) electrons. The van der Waals surface area contributed by atoms with Gasteiger partial charge in [0.25, 0.3) is 0 Å². The molecule has 20 heavy (non-hydrogen) atoms. The summed E-state index contributed by atoms with van der Waals surface area (Å²) < 4.78 is 7.31. The van der Waals surface area contributed by atoms with E-state index in [1.54, 1.807) is 13.3 Å². The molecule has 2 heterocycles. The van der Waals surface area contributed by atoms with Gasteiger partial charge in [0, 0.05) is 12.6 Å². The van der Waals surface area contributed by atoms with Crippen LogP contribution in [0, 0.1) is 0 Å². The molecule has 6 nitrogen and oxygen atoms in total. The Morgan fingerprint density at radius 2 is 2.15 bits per heavy atom. The second-order valence-corrected chi connectivity index (χ2v) is 5.73. The molecule has 0 aromatic carbocycles. The maximum Gasteiger partial charge on any atom is 0.161 e. The molecule has 2 atom stereocenters. The van der Waals surface area contributed by atoms with Gasteiger partial charge in [-0.15, -0.1) is 0 Å². The van der Waals surface area contributed by atoms with Gasteiger partial charge in [0.1, 0.15) is 5.69 Å². The van der Waals surface area contributed by atoms with E-state index in [4.69, 9.17) is 10.6 Å². The number of aryl methyl sites for hydroxylation is 1. The van der Waals surface area contributed by atoms with E-state index in [1.165, 1.54) is 12.8 Å². The molecule has 3 N–H and O–H groups in total. The van der Waals surface area contributed by atoms with Crippen molar-refractivity contribution in [1.29, 1.82) is 0 Å². The third-order valence-electron chi connectivity index (χ3n) is 4.78. The zero-order chi connectivity index (χ0) is 14.8. The van der Waals surface area contributed by atoms with Crippen molar-refractivity contribution in [2.75, 3.05) is 20.2 Å². The van der Waals surface area contributed by atoms with Gasteiger partial charge in [-0.3, -0.25) is 15.4 Å². The first-order valence-electron chi connectivity index (χ1n) is 7.35. The van der Waals surface area contributed by atoms with E-state index in [1.807, 2.05) is 11.7 Å². The molecule has 2 unspecified atom stereocenters. The summed E-state index contributed by atoms with van der Waals surface area (Å²) in [4.78, 5) is 2.53. The quantitative estimate of drug-likeness (QED) is 0.606. The standard InChI is InChI=1S/C14H27N5O/c1-5-14(2,19-8-6-7-9-19)13(17-15)12-11(20-4)10-16-18(12)3/h10,13,17H,5-9,15H2,1-4H3. The lowest BCUT2D eigenvalue weighted by Gasteiger charge is -2.44. The van der Waals surface area contributed by atoms with Crippen molar-refractivity contribution in [1.82, 2.24) is 20.1 Å². The molecule has 0 spiro atoms. The van der Waals surface area contributed by atoms with E-state index in [0.717, 1.165) is 31.0 Å². The number of methoxy groups -OCH3 is 1. The van der Waals surface area contributed by atoms with Gasteiger partial charge in [-0.2, -0.15) is 5.10 Å². The minimum absolute atomic E-state index is 0.0203. The van der Waals surface area contributed by atoms with Crippen molar-refractivity contribution < 1.29 is 4.74 Å². The number of hydrogen-bond acceptors (Lipinski definition) is 5. The van der Waals surface area contributed by atoms with Crippen LogP contribution in [0.25, 0.3) is 0 Å². The average Bonchev–Trinajstić information content (AvgIpc) is 3.10. The molecular weight excluding hydrogens is 254 g/mol. The van der Waals surface area contributed by atoms with Crippen LogP contribution in [-0.2, 0) is 7.05 Å². The summed E-state index contributed by atoms with van der Waals surface area (Å²) in [6.07, 6.45) is 5.28. The Balaban J connectivity index is 2.40. The van der Waals surface area contributed by atoms with Crippen LogP contribution in [0.5, 0.6) is 5.75 Å². The van der Waals surface area contributed by atoms with E-state index in [9.17, 15) is 0 Å². The third-order valence-corrected chi connectivity index (χ3v) is 4.78. The predicted molar refractivity (Wildman–Crippen MR) is 79.3 cm³/mol. The van der Waals surface area contributed by atoms with Crippen LogP contribution in [0.4, 0.5) is 0 Å². The van der Waals surface area contributed by atoms with Crippen molar-refractivity contribution in [2.45, 2.75) is 44.7 Å². The fraction of sp³-hybridized carbons (Fsp3) is 0.786. The van der Waals surface area contributed by atoms with Crippen LogP contribution in [0.15, 0.2) is 6.20 Å². The summed E-state index contributed by atoms with van der Waals surface area (Å²) in [6, 6.07) is -0.0203. The molecule has 1 aliphatic heterocycles. The molecular formula is C14H27N5O. The van der Waals surface area contributed by atoms with E-state index < -0.39 is 0 Å². The van der Waals surface area contributed by atoms with E-state index >= 15 is 0 Å². The fourth-order valence-corrected chi connectivity index (χ4v) is 3.30. The van der Waals surface area contributed by atoms with Crippen molar-refractivity contribution in [3.05, 3.63) is 11.9 Å². The number of hydrazine groups is 1. The number of nitrogens with zero attached hydrogens (tertiary/aromatic N) is 3. The Morgan fingerprint density at radius 1 is 1.50 bits per heavy atom. The first kappa shape index (κ1) is 15.3. The fourth-order valence-electron chi connectivity index (χ4n) is 3.30. The van der Waals surface area contributed by atoms with Crippen LogP contribution in [-0.4, -0.2) is 40.4 Å². The molecule has 1 aromatic rings. The van der Waals surface area contributed by atoms with Crippen molar-refractivity contribution >= 4 is 0 Å². The molecule has 0 aliphatic carbocycles. The zero-order valence-corrected chi connectivity index (χ0v) is 13.0. The molecule has 1 aromatic heterocycles. The number of aromatic nitrogens is 2. The van der Waals surface area contributed by atoms with Crippen LogP contribution in [0.1, 0.15) is 44.8 Å². The molecule has 6 heteroatoms. The Kier molecular flexibility index (Phi) is 4.67. The predicted octanol–water partition coefficient (Wildman–Crippen LogP) is 1.20. The molecule has 114 valence electrons. The second kappa shape index (κ2) is 6.11. The summed E-state index contributed by atoms with van der Waals surface area (Å²) in [7, 11) is 3.61. The molecule has 1 fully saturated rings. The largest absolute Gasteiger partial charge is 0.493 e. The normalized spacial score (nSPS) is 20.9. The van der Waals surface area contributed by atoms with Crippen molar-refractivity contribution in [2.24, 2.45) is 12.9 Å². The first-order chi connectivity index (χ1) is 9.58. The average molecular weight is 281 g/mol. The lowest BCUT2D eigenvalue weighted by Crippen LogP contribution is -2.55. The number of ether oxygens (including phenoxy) is 1. The smallest absolute Gasteiger partial charge is 0.161 e. The molecule has 0 bridgehead atoms. The third kappa shape index (κ3) is 2.43. The SMILES string of the molecule is CCC(C)(C(NN)c1c(OC)cnn1C)N1CCCC1. The van der Waals surface area contributed by atoms with Crippen LogP contribution in [0.2, 0.25) is 0 Å². The topological polar surface area (TPSA) is 68.3 Å². The number of likely N-dealkylation sites (tertiary alicyclic amines) is 1. The highest BCUT2D eigenvalue weighted by molar-refractivity contribution is 5.31. The monoisotopic (exact) mass is 281 g/mol. The van der Waals surface area contributed by atoms with Crippen molar-refractivity contribution in [3.8, 4) is 5.75 Å². The van der Waals surface area contributed by atoms with Gasteiger partial charge < -0.3 is 4.74 Å². The minimum Gasteiger partial charge on any atom is -0.493 e. The second-order valence-electron chi connectivity index (χ2n) is 5.73. The van der Waals surface area contributed by atoms with E-state index in [0.29, 0.717) is 0 Å². The van der Waals surface area contributed by atoms with Gasteiger partial charge in [0.05, 0.1) is 19.3 Å². The molecule has 1 aliphatic rings. The molecule has 1 saturated heterocycles. The lowest BCUT2D eigenvalue weighted by atomic mass is 9.85. The number of nitrogens with one attached hydrogen (secondary N) is 1. The lowest BCUT2D eigenvalue weighted by molar-refractivity contribution is 0.0794. The van der Waals surface area contributed by atoms with Crippen molar-refractivity contribution in [3.63, 3.8) is 0 Å². The molecule has 0 amide bonds. The Bertz CT molecular complexity index is 441. The summed E-state index contributed by atoms with van der Waals surface area (Å²) in [5.41, 5.74) is 3.96. The minimum atomic E-state index is -0.0493. The summed E-state index contributed by atoms with van der Waals surface area (Å²) in [6.45, 7) is 6.74.